The van der Waals surface area contributed by atoms with Gasteiger partial charge in [0.2, 0.25) is 5.91 Å². The van der Waals surface area contributed by atoms with Crippen LogP contribution in [0.1, 0.15) is 58.5 Å². The lowest BCUT2D eigenvalue weighted by Gasteiger charge is -2.38. The molecule has 4 unspecified atom stereocenters. The molecule has 0 spiro atoms. The summed E-state index contributed by atoms with van der Waals surface area (Å²) in [6, 6.07) is 19.2. The average Bonchev–Trinajstić information content (AvgIpc) is 3.72. The van der Waals surface area contributed by atoms with Gasteiger partial charge in [-0.1, -0.05) is 90.1 Å². The molecule has 5 amide bonds. The van der Waals surface area contributed by atoms with Crippen molar-refractivity contribution in [2.75, 3.05) is 26.7 Å². The Morgan fingerprint density at radius 3 is 2.19 bits per heavy atom. The van der Waals surface area contributed by atoms with E-state index in [0.717, 1.165) is 16.6 Å². The molecule has 0 aliphatic carbocycles. The molecule has 4 atom stereocenters. The van der Waals surface area contributed by atoms with Crippen LogP contribution in [0.15, 0.2) is 85.2 Å². The number of hydrazine groups is 1. The quantitative estimate of drug-likeness (QED) is 0.104. The summed E-state index contributed by atoms with van der Waals surface area (Å²) in [6.07, 6.45) is 1.32. The summed E-state index contributed by atoms with van der Waals surface area (Å²) in [4.78, 5) is 61.8. The lowest BCUT2D eigenvalue weighted by Crippen LogP contribution is -2.61. The first-order valence-corrected chi connectivity index (χ1v) is 19.1. The molecule has 1 aliphatic rings. The van der Waals surface area contributed by atoms with E-state index in [1.807, 2.05) is 92.0 Å². The van der Waals surface area contributed by atoms with Crippen LogP contribution >= 0.6 is 0 Å². The standard InChI is InChI=1S/C42H56N8O7/c1-41(2,3)35(45-39(54)55)37(52)46-48(25-29-16-18-31(57-7)19-17-29)26-33(51)32(23-28-13-9-8-10-14-28)44-38(53)36(42(4,5)6)50-22-21-47(40(50)56)27-34-43-24-30-15-11-12-20-49(30)34/h8-20,24,32-33,35-36,45,51H,21-23,25-27H2,1-7H3,(H,44,53)(H,46,52)(H,54,55). The summed E-state index contributed by atoms with van der Waals surface area (Å²) in [5.74, 6) is 0.319. The maximum atomic E-state index is 14.5. The third-order valence-electron chi connectivity index (χ3n) is 10.0. The number of carbonyl (C=O) groups is 4. The molecule has 1 saturated heterocycles. The number of aliphatic hydroxyl groups is 1. The molecule has 5 rings (SSSR count). The van der Waals surface area contributed by atoms with Crippen LogP contribution in [0.25, 0.3) is 5.52 Å². The molecule has 2 aromatic carbocycles. The van der Waals surface area contributed by atoms with E-state index in [2.05, 4.69) is 21.0 Å². The topological polar surface area (TPSA) is 181 Å². The van der Waals surface area contributed by atoms with E-state index in [1.54, 1.807) is 56.0 Å². The van der Waals surface area contributed by atoms with Crippen LogP contribution < -0.4 is 20.8 Å². The van der Waals surface area contributed by atoms with Crippen molar-refractivity contribution in [2.24, 2.45) is 10.8 Å². The molecule has 2 aromatic heterocycles. The molecule has 306 valence electrons. The smallest absolute Gasteiger partial charge is 0.405 e. The summed E-state index contributed by atoms with van der Waals surface area (Å²) < 4.78 is 7.24. The highest BCUT2D eigenvalue weighted by molar-refractivity contribution is 5.89. The minimum atomic E-state index is -1.35. The van der Waals surface area contributed by atoms with Crippen LogP contribution in [0.3, 0.4) is 0 Å². The van der Waals surface area contributed by atoms with Crippen LogP contribution in [0, 0.1) is 10.8 Å². The average molecular weight is 785 g/mol. The summed E-state index contributed by atoms with van der Waals surface area (Å²) in [5.41, 5.74) is 3.91. The predicted octanol–water partition coefficient (Wildman–Crippen LogP) is 4.30. The predicted molar refractivity (Wildman–Crippen MR) is 215 cm³/mol. The molecule has 15 nitrogen and oxygen atoms in total. The number of aliphatic hydroxyl groups excluding tert-OH is 1. The van der Waals surface area contributed by atoms with Gasteiger partial charge in [0.1, 0.15) is 23.7 Å². The number of amides is 5. The number of ether oxygens (including phenoxy) is 1. The zero-order chi connectivity index (χ0) is 41.5. The number of imidazole rings is 1. The number of nitrogens with one attached hydrogen (secondary N) is 3. The molecule has 4 aromatic rings. The van der Waals surface area contributed by atoms with Gasteiger partial charge in [0.15, 0.2) is 0 Å². The fourth-order valence-electron chi connectivity index (χ4n) is 7.16. The van der Waals surface area contributed by atoms with Crippen molar-refractivity contribution in [1.82, 2.24) is 40.3 Å². The van der Waals surface area contributed by atoms with E-state index in [1.165, 1.54) is 5.01 Å². The number of carbonyl (C=O) groups excluding carboxylic acids is 3. The first kappa shape index (κ1) is 42.5. The lowest BCUT2D eigenvalue weighted by atomic mass is 9.84. The highest BCUT2D eigenvalue weighted by atomic mass is 16.5. The number of urea groups is 1. The van der Waals surface area contributed by atoms with E-state index in [-0.39, 0.29) is 32.1 Å². The number of rotatable bonds is 16. The summed E-state index contributed by atoms with van der Waals surface area (Å²) in [7, 11) is 1.56. The van der Waals surface area contributed by atoms with Crippen molar-refractivity contribution < 1.29 is 34.1 Å². The number of pyridine rings is 1. The Hall–Kier alpha value is -5.67. The monoisotopic (exact) mass is 784 g/mol. The molecule has 0 radical (unpaired) electrons. The second kappa shape index (κ2) is 18.1. The largest absolute Gasteiger partial charge is 0.497 e. The van der Waals surface area contributed by atoms with E-state index in [4.69, 9.17) is 4.74 Å². The van der Waals surface area contributed by atoms with Gasteiger partial charge in [-0.05, 0) is 52.6 Å². The van der Waals surface area contributed by atoms with Crippen molar-refractivity contribution in [3.05, 3.63) is 102 Å². The molecule has 1 fully saturated rings. The summed E-state index contributed by atoms with van der Waals surface area (Å²) in [5, 5.41) is 28.5. The molecular formula is C42H56N8O7. The number of methoxy groups -OCH3 is 1. The SMILES string of the molecule is COc1ccc(CN(CC(O)C(Cc2ccccc2)NC(=O)C(N2CCN(Cc3ncc4ccccn34)C2=O)C(C)(C)C)NC(=O)C(NC(=O)O)C(C)(C)C)cc1. The van der Waals surface area contributed by atoms with Crippen LogP contribution in [0.2, 0.25) is 0 Å². The molecular weight excluding hydrogens is 729 g/mol. The molecule has 57 heavy (non-hydrogen) atoms. The fraction of sp³-hybridized carbons (Fsp3) is 0.452. The molecule has 0 bridgehead atoms. The van der Waals surface area contributed by atoms with Crippen molar-refractivity contribution >= 4 is 29.5 Å². The van der Waals surface area contributed by atoms with Crippen molar-refractivity contribution in [1.29, 1.82) is 0 Å². The highest BCUT2D eigenvalue weighted by Crippen LogP contribution is 2.29. The third-order valence-corrected chi connectivity index (χ3v) is 10.0. The van der Waals surface area contributed by atoms with E-state index < -0.39 is 53.0 Å². The number of aromatic nitrogens is 2. The maximum Gasteiger partial charge on any atom is 0.405 e. The zero-order valence-corrected chi connectivity index (χ0v) is 33.8. The van der Waals surface area contributed by atoms with Gasteiger partial charge in [0, 0.05) is 32.4 Å². The Morgan fingerprint density at radius 2 is 1.56 bits per heavy atom. The van der Waals surface area contributed by atoms with Gasteiger partial charge in [0.25, 0.3) is 5.91 Å². The third kappa shape index (κ3) is 11.0. The van der Waals surface area contributed by atoms with Gasteiger partial charge in [-0.25, -0.2) is 19.6 Å². The Balaban J connectivity index is 1.39. The van der Waals surface area contributed by atoms with Crippen LogP contribution in [0.4, 0.5) is 9.59 Å². The first-order chi connectivity index (χ1) is 26.9. The van der Waals surface area contributed by atoms with Crippen LogP contribution in [0.5, 0.6) is 5.75 Å². The fourth-order valence-corrected chi connectivity index (χ4v) is 7.16. The van der Waals surface area contributed by atoms with Gasteiger partial charge in [-0.3, -0.25) is 15.0 Å². The number of hydrogen-bond donors (Lipinski definition) is 5. The molecule has 1 aliphatic heterocycles. The Bertz CT molecular complexity index is 1990. The zero-order valence-electron chi connectivity index (χ0n) is 33.8. The van der Waals surface area contributed by atoms with Crippen molar-refractivity contribution in [2.45, 2.75) is 85.3 Å². The minimum Gasteiger partial charge on any atom is -0.497 e. The molecule has 3 heterocycles. The van der Waals surface area contributed by atoms with Crippen molar-refractivity contribution in [3.63, 3.8) is 0 Å². The van der Waals surface area contributed by atoms with Crippen LogP contribution in [-0.4, -0.2) is 109 Å². The second-order valence-corrected chi connectivity index (χ2v) is 16.7. The molecule has 0 saturated carbocycles. The van der Waals surface area contributed by atoms with E-state index in [0.29, 0.717) is 24.7 Å². The van der Waals surface area contributed by atoms with Gasteiger partial charge < -0.3 is 39.8 Å². The Morgan fingerprint density at radius 1 is 0.877 bits per heavy atom. The highest BCUT2D eigenvalue weighted by Gasteiger charge is 2.44. The lowest BCUT2D eigenvalue weighted by molar-refractivity contribution is -0.133. The van der Waals surface area contributed by atoms with Crippen LogP contribution in [-0.2, 0) is 29.1 Å². The summed E-state index contributed by atoms with van der Waals surface area (Å²) >= 11 is 0. The van der Waals surface area contributed by atoms with Gasteiger partial charge in [0.05, 0.1) is 37.5 Å². The van der Waals surface area contributed by atoms with Gasteiger partial charge in [-0.2, -0.15) is 0 Å². The number of carboxylic acid groups (broad SMARTS) is 1. The summed E-state index contributed by atoms with van der Waals surface area (Å²) in [6.45, 7) is 11.9. The van der Waals surface area contributed by atoms with E-state index in [9.17, 15) is 29.4 Å². The number of hydrogen-bond acceptors (Lipinski definition) is 8. The van der Waals surface area contributed by atoms with Gasteiger partial charge >= 0.3 is 12.1 Å². The number of benzene rings is 2. The Kier molecular flexibility index (Phi) is 13.5. The number of fused-ring (bicyclic) bond motifs is 1. The maximum absolute atomic E-state index is 14.5. The van der Waals surface area contributed by atoms with Crippen molar-refractivity contribution in [3.8, 4) is 5.75 Å². The molecule has 5 N–H and O–H groups in total. The van der Waals surface area contributed by atoms with Gasteiger partial charge in [-0.15, -0.1) is 0 Å². The second-order valence-electron chi connectivity index (χ2n) is 16.7. The molecule has 15 heteroatoms. The Labute approximate surface area is 334 Å². The minimum absolute atomic E-state index is 0.136. The first-order valence-electron chi connectivity index (χ1n) is 19.1. The number of nitrogens with zero attached hydrogens (tertiary/aromatic N) is 5. The normalized spacial score (nSPS) is 15.6. The van der Waals surface area contributed by atoms with E-state index >= 15 is 0 Å².